The van der Waals surface area contributed by atoms with E-state index < -0.39 is 5.72 Å². The first-order valence-corrected chi connectivity index (χ1v) is 6.16. The number of H-pyrrole nitrogens is 1. The van der Waals surface area contributed by atoms with Gasteiger partial charge in [-0.2, -0.15) is 0 Å². The molecule has 102 valence electrons. The van der Waals surface area contributed by atoms with E-state index in [0.717, 1.165) is 11.3 Å². The molecule has 0 saturated carbocycles. The molecule has 5 heteroatoms. The Hall–Kier alpha value is -2.01. The van der Waals surface area contributed by atoms with Crippen LogP contribution in [0.3, 0.4) is 0 Å². The monoisotopic (exact) mass is 261 g/mol. The van der Waals surface area contributed by atoms with Crippen LogP contribution in [0, 0.1) is 6.92 Å². The van der Waals surface area contributed by atoms with Crippen molar-refractivity contribution in [3.8, 4) is 0 Å². The van der Waals surface area contributed by atoms with Gasteiger partial charge in [0.05, 0.1) is 11.3 Å². The molecule has 0 spiro atoms. The standard InChI is InChI=1S/C14H19N3O2/c1-5-6-17-8-11(13(18)15-4)10-7-9(2)16-12(10)14(17,3)19/h5,7-8,16,19H,1,6H2,2-4H3,(H,15,18). The molecule has 1 aromatic rings. The first kappa shape index (κ1) is 13.4. The van der Waals surface area contributed by atoms with E-state index in [1.165, 1.54) is 0 Å². The summed E-state index contributed by atoms with van der Waals surface area (Å²) >= 11 is 0. The third-order valence-corrected chi connectivity index (χ3v) is 3.36. The number of nitrogens with one attached hydrogen (secondary N) is 2. The fourth-order valence-electron chi connectivity index (χ4n) is 2.36. The van der Waals surface area contributed by atoms with Crippen LogP contribution < -0.4 is 5.32 Å². The second kappa shape index (κ2) is 4.59. The van der Waals surface area contributed by atoms with Gasteiger partial charge in [-0.25, -0.2) is 0 Å². The Morgan fingerprint density at radius 2 is 2.37 bits per heavy atom. The predicted molar refractivity (Wildman–Crippen MR) is 74.0 cm³/mol. The summed E-state index contributed by atoms with van der Waals surface area (Å²) in [5.41, 5.74) is 1.63. The van der Waals surface area contributed by atoms with Crippen LogP contribution in [0.5, 0.6) is 0 Å². The average Bonchev–Trinajstić information content (AvgIpc) is 2.75. The van der Waals surface area contributed by atoms with Crippen LogP contribution in [-0.2, 0) is 10.5 Å². The van der Waals surface area contributed by atoms with Crippen LogP contribution in [0.15, 0.2) is 24.9 Å². The van der Waals surface area contributed by atoms with Gasteiger partial charge >= 0.3 is 0 Å². The molecule has 1 aromatic heterocycles. The number of hydrogen-bond donors (Lipinski definition) is 3. The SMILES string of the molecule is C=CCN1C=C(C(=O)NC)c2cc(C)[nH]c2C1(C)O. The molecule has 0 radical (unpaired) electrons. The summed E-state index contributed by atoms with van der Waals surface area (Å²) in [6.45, 7) is 7.72. The number of aromatic amines is 1. The quantitative estimate of drug-likeness (QED) is 0.713. The first-order valence-electron chi connectivity index (χ1n) is 6.16. The number of aliphatic hydroxyl groups is 1. The Morgan fingerprint density at radius 1 is 1.68 bits per heavy atom. The highest BCUT2D eigenvalue weighted by atomic mass is 16.3. The van der Waals surface area contributed by atoms with E-state index in [1.807, 2.05) is 13.0 Å². The molecule has 0 bridgehead atoms. The highest BCUT2D eigenvalue weighted by Gasteiger charge is 2.38. The normalized spacial score (nSPS) is 21.7. The van der Waals surface area contributed by atoms with Crippen molar-refractivity contribution in [2.45, 2.75) is 19.6 Å². The lowest BCUT2D eigenvalue weighted by molar-refractivity contribution is -0.115. The summed E-state index contributed by atoms with van der Waals surface area (Å²) < 4.78 is 0. The van der Waals surface area contributed by atoms with Gasteiger partial charge in [-0.1, -0.05) is 6.08 Å². The molecule has 1 aliphatic rings. The molecule has 1 aliphatic heterocycles. The number of aryl methyl sites for hydroxylation is 1. The maximum Gasteiger partial charge on any atom is 0.253 e. The summed E-state index contributed by atoms with van der Waals surface area (Å²) in [7, 11) is 1.59. The van der Waals surface area contributed by atoms with E-state index in [9.17, 15) is 9.90 Å². The van der Waals surface area contributed by atoms with E-state index in [2.05, 4.69) is 16.9 Å². The van der Waals surface area contributed by atoms with Crippen LogP contribution in [0.25, 0.3) is 5.57 Å². The van der Waals surface area contributed by atoms with Crippen molar-refractivity contribution in [2.75, 3.05) is 13.6 Å². The number of fused-ring (bicyclic) bond motifs is 1. The Morgan fingerprint density at radius 3 is 2.95 bits per heavy atom. The van der Waals surface area contributed by atoms with E-state index in [1.54, 1.807) is 31.1 Å². The van der Waals surface area contributed by atoms with E-state index in [0.29, 0.717) is 17.8 Å². The zero-order valence-corrected chi connectivity index (χ0v) is 11.4. The van der Waals surface area contributed by atoms with Gasteiger partial charge in [0, 0.05) is 31.0 Å². The van der Waals surface area contributed by atoms with Gasteiger partial charge in [0.15, 0.2) is 5.72 Å². The van der Waals surface area contributed by atoms with Crippen molar-refractivity contribution in [3.63, 3.8) is 0 Å². The minimum Gasteiger partial charge on any atom is -0.366 e. The number of carbonyl (C=O) groups excluding carboxylic acids is 1. The Kier molecular flexibility index (Phi) is 3.24. The first-order chi connectivity index (χ1) is 8.91. The van der Waals surface area contributed by atoms with Crippen LogP contribution >= 0.6 is 0 Å². The minimum absolute atomic E-state index is 0.176. The molecule has 0 fully saturated rings. The number of amides is 1. The van der Waals surface area contributed by atoms with Crippen LogP contribution in [-0.4, -0.2) is 34.5 Å². The number of carbonyl (C=O) groups is 1. The van der Waals surface area contributed by atoms with Crippen molar-refractivity contribution >= 4 is 11.5 Å². The van der Waals surface area contributed by atoms with E-state index in [4.69, 9.17) is 0 Å². The smallest absolute Gasteiger partial charge is 0.253 e. The fraction of sp³-hybridized carbons (Fsp3) is 0.357. The van der Waals surface area contributed by atoms with Crippen molar-refractivity contribution in [2.24, 2.45) is 0 Å². The number of aromatic nitrogens is 1. The number of hydrogen-bond acceptors (Lipinski definition) is 3. The Bertz CT molecular complexity index is 555. The molecule has 0 aromatic carbocycles. The summed E-state index contributed by atoms with van der Waals surface area (Å²) in [6, 6.07) is 1.87. The van der Waals surface area contributed by atoms with Gasteiger partial charge < -0.3 is 20.3 Å². The molecule has 2 rings (SSSR count). The summed E-state index contributed by atoms with van der Waals surface area (Å²) in [5.74, 6) is -0.176. The van der Waals surface area contributed by atoms with E-state index >= 15 is 0 Å². The maximum atomic E-state index is 12.0. The van der Waals surface area contributed by atoms with Crippen LogP contribution in [0.4, 0.5) is 0 Å². The van der Waals surface area contributed by atoms with E-state index in [-0.39, 0.29) is 5.91 Å². The zero-order chi connectivity index (χ0) is 14.2. The zero-order valence-electron chi connectivity index (χ0n) is 11.4. The third kappa shape index (κ3) is 2.06. The third-order valence-electron chi connectivity index (χ3n) is 3.36. The van der Waals surface area contributed by atoms with Crippen LogP contribution in [0.1, 0.15) is 23.9 Å². The van der Waals surface area contributed by atoms with Gasteiger partial charge in [0.1, 0.15) is 0 Å². The van der Waals surface area contributed by atoms with Gasteiger partial charge in [-0.15, -0.1) is 6.58 Å². The minimum atomic E-state index is -1.19. The van der Waals surface area contributed by atoms with Gasteiger partial charge in [-0.05, 0) is 19.9 Å². The molecule has 1 atom stereocenters. The molecule has 0 saturated heterocycles. The molecule has 19 heavy (non-hydrogen) atoms. The van der Waals surface area contributed by atoms with Crippen molar-refractivity contribution in [1.82, 2.24) is 15.2 Å². The topological polar surface area (TPSA) is 68.4 Å². The van der Waals surface area contributed by atoms with Gasteiger partial charge in [-0.3, -0.25) is 4.79 Å². The largest absolute Gasteiger partial charge is 0.366 e. The van der Waals surface area contributed by atoms with Crippen molar-refractivity contribution in [1.29, 1.82) is 0 Å². The molecule has 1 unspecified atom stereocenters. The maximum absolute atomic E-state index is 12.0. The molecular weight excluding hydrogens is 242 g/mol. The van der Waals surface area contributed by atoms with Gasteiger partial charge in [0.2, 0.25) is 0 Å². The second-order valence-electron chi connectivity index (χ2n) is 4.82. The Labute approximate surface area is 112 Å². The Balaban J connectivity index is 2.60. The second-order valence-corrected chi connectivity index (χ2v) is 4.82. The molecule has 3 N–H and O–H groups in total. The molecule has 1 amide bonds. The lowest BCUT2D eigenvalue weighted by atomic mass is 9.95. The van der Waals surface area contributed by atoms with Gasteiger partial charge in [0.25, 0.3) is 5.91 Å². The molecule has 0 aliphatic carbocycles. The predicted octanol–water partition coefficient (Wildman–Crippen LogP) is 1.08. The molecule has 5 nitrogen and oxygen atoms in total. The van der Waals surface area contributed by atoms with Crippen molar-refractivity contribution in [3.05, 3.63) is 41.9 Å². The van der Waals surface area contributed by atoms with Crippen molar-refractivity contribution < 1.29 is 9.90 Å². The lowest BCUT2D eigenvalue weighted by Crippen LogP contribution is -2.44. The summed E-state index contributed by atoms with van der Waals surface area (Å²) in [5, 5.41) is 13.3. The fourth-order valence-corrected chi connectivity index (χ4v) is 2.36. The summed E-state index contributed by atoms with van der Waals surface area (Å²) in [6.07, 6.45) is 3.36. The number of rotatable bonds is 3. The average molecular weight is 261 g/mol. The highest BCUT2D eigenvalue weighted by molar-refractivity contribution is 6.20. The summed E-state index contributed by atoms with van der Waals surface area (Å²) in [4.78, 5) is 16.8. The molecule has 2 heterocycles. The highest BCUT2D eigenvalue weighted by Crippen LogP contribution is 2.37. The molecular formula is C14H19N3O2. The van der Waals surface area contributed by atoms with Crippen LogP contribution in [0.2, 0.25) is 0 Å². The lowest BCUT2D eigenvalue weighted by Gasteiger charge is -2.39. The number of nitrogens with zero attached hydrogens (tertiary/aromatic N) is 1. The number of likely N-dealkylation sites (N-methyl/N-ethyl adjacent to an activating group) is 1.